The van der Waals surface area contributed by atoms with Crippen LogP contribution in [-0.4, -0.2) is 53.7 Å². The van der Waals surface area contributed by atoms with Crippen molar-refractivity contribution in [3.05, 3.63) is 29.8 Å². The monoisotopic (exact) mass is 399 g/mol. The van der Waals surface area contributed by atoms with E-state index in [0.29, 0.717) is 25.9 Å². The van der Waals surface area contributed by atoms with Crippen LogP contribution in [-0.2, 0) is 20.6 Å². The van der Waals surface area contributed by atoms with Crippen molar-refractivity contribution in [2.24, 2.45) is 5.92 Å². The summed E-state index contributed by atoms with van der Waals surface area (Å²) in [6.07, 6.45) is -3.57. The lowest BCUT2D eigenvalue weighted by Crippen LogP contribution is -2.46. The van der Waals surface area contributed by atoms with Crippen LogP contribution in [0.25, 0.3) is 0 Å². The fraction of sp³-hybridized carbons (Fsp3) is 0.526. The van der Waals surface area contributed by atoms with Crippen molar-refractivity contribution >= 4 is 23.4 Å². The molecule has 0 bridgehead atoms. The Morgan fingerprint density at radius 1 is 1.18 bits per heavy atom. The molecule has 0 spiro atoms. The summed E-state index contributed by atoms with van der Waals surface area (Å²) in [5.74, 6) is -1.25. The Labute approximate surface area is 161 Å². The molecule has 0 radical (unpaired) electrons. The van der Waals surface area contributed by atoms with E-state index in [1.165, 1.54) is 30.0 Å². The van der Waals surface area contributed by atoms with Gasteiger partial charge in [0.2, 0.25) is 17.7 Å². The van der Waals surface area contributed by atoms with E-state index in [9.17, 15) is 27.6 Å². The summed E-state index contributed by atoms with van der Waals surface area (Å²) in [6.45, 7) is 4.08. The highest BCUT2D eigenvalue weighted by Gasteiger charge is 2.34. The third-order valence-corrected chi connectivity index (χ3v) is 4.82. The van der Waals surface area contributed by atoms with Gasteiger partial charge >= 0.3 is 6.18 Å². The molecule has 0 atom stereocenters. The number of nitrogens with zero attached hydrogens (tertiary/aromatic N) is 2. The van der Waals surface area contributed by atoms with E-state index in [4.69, 9.17) is 0 Å². The smallest absolute Gasteiger partial charge is 0.343 e. The minimum Gasteiger partial charge on any atom is -0.343 e. The average Bonchev–Trinajstić information content (AvgIpc) is 2.65. The zero-order valence-electron chi connectivity index (χ0n) is 15.9. The molecule has 154 valence electrons. The molecule has 1 saturated heterocycles. The molecule has 1 fully saturated rings. The highest BCUT2D eigenvalue weighted by atomic mass is 19.4. The molecule has 1 heterocycles. The lowest BCUT2D eigenvalue weighted by molar-refractivity contribution is -0.141. The van der Waals surface area contributed by atoms with Gasteiger partial charge in [-0.05, 0) is 31.9 Å². The Bertz CT molecular complexity index is 729. The number of hydrogen-bond donors (Lipinski definition) is 1. The molecule has 1 aromatic rings. The number of amides is 3. The molecule has 0 aromatic heterocycles. The average molecular weight is 399 g/mol. The van der Waals surface area contributed by atoms with Crippen molar-refractivity contribution in [2.75, 3.05) is 31.5 Å². The predicted molar refractivity (Wildman–Crippen MR) is 97.3 cm³/mol. The molecule has 1 N–H and O–H groups in total. The van der Waals surface area contributed by atoms with E-state index < -0.39 is 17.6 Å². The van der Waals surface area contributed by atoms with Crippen LogP contribution in [0.15, 0.2) is 24.3 Å². The van der Waals surface area contributed by atoms with Gasteiger partial charge in [-0.2, -0.15) is 13.2 Å². The lowest BCUT2D eigenvalue weighted by atomic mass is 9.95. The van der Waals surface area contributed by atoms with E-state index in [1.807, 2.05) is 0 Å². The first-order valence-electron chi connectivity index (χ1n) is 9.13. The second-order valence-corrected chi connectivity index (χ2v) is 6.72. The Morgan fingerprint density at radius 2 is 1.79 bits per heavy atom. The van der Waals surface area contributed by atoms with Crippen molar-refractivity contribution in [3.8, 4) is 0 Å². The number of hydrogen-bond acceptors (Lipinski definition) is 3. The van der Waals surface area contributed by atoms with Crippen molar-refractivity contribution in [2.45, 2.75) is 32.9 Å². The number of benzene rings is 1. The second kappa shape index (κ2) is 9.07. The Morgan fingerprint density at radius 3 is 2.32 bits per heavy atom. The van der Waals surface area contributed by atoms with Crippen molar-refractivity contribution in [3.63, 3.8) is 0 Å². The molecule has 1 aromatic carbocycles. The predicted octanol–water partition coefficient (Wildman–Crippen LogP) is 2.75. The van der Waals surface area contributed by atoms with E-state index in [1.54, 1.807) is 11.8 Å². The standard InChI is InChI=1S/C19H24F3N3O3/c1-3-24(18(28)14-8-10-25(11-9-14)13(2)26)12-17(27)23-16-7-5-4-6-15(16)19(20,21)22/h4-7,14H,3,8-12H2,1-2H3,(H,23,27). The first kappa shape index (κ1) is 21.7. The SMILES string of the molecule is CCN(CC(=O)Nc1ccccc1C(F)(F)F)C(=O)C1CCN(C(C)=O)CC1. The topological polar surface area (TPSA) is 69.7 Å². The summed E-state index contributed by atoms with van der Waals surface area (Å²) in [7, 11) is 0. The number of piperidine rings is 1. The zero-order valence-corrected chi connectivity index (χ0v) is 15.9. The summed E-state index contributed by atoms with van der Waals surface area (Å²) >= 11 is 0. The van der Waals surface area contributed by atoms with Crippen LogP contribution in [0.1, 0.15) is 32.3 Å². The third-order valence-electron chi connectivity index (χ3n) is 4.82. The number of likely N-dealkylation sites (tertiary alicyclic amines) is 1. The summed E-state index contributed by atoms with van der Waals surface area (Å²) in [5.41, 5.74) is -1.27. The van der Waals surface area contributed by atoms with Gasteiger partial charge in [0.25, 0.3) is 0 Å². The maximum atomic E-state index is 13.0. The molecule has 28 heavy (non-hydrogen) atoms. The minimum atomic E-state index is -4.59. The van der Waals surface area contributed by atoms with E-state index in [0.717, 1.165) is 6.07 Å². The van der Waals surface area contributed by atoms with Gasteiger partial charge in [0, 0.05) is 32.5 Å². The van der Waals surface area contributed by atoms with Crippen LogP contribution >= 0.6 is 0 Å². The normalized spacial score (nSPS) is 15.2. The molecular weight excluding hydrogens is 375 g/mol. The van der Waals surface area contributed by atoms with Gasteiger partial charge in [-0.3, -0.25) is 14.4 Å². The Hall–Kier alpha value is -2.58. The van der Waals surface area contributed by atoms with Crippen molar-refractivity contribution in [1.29, 1.82) is 0 Å². The van der Waals surface area contributed by atoms with Crippen molar-refractivity contribution < 1.29 is 27.6 Å². The molecule has 2 rings (SSSR count). The molecule has 9 heteroatoms. The molecule has 0 aliphatic carbocycles. The largest absolute Gasteiger partial charge is 0.418 e. The molecule has 1 aliphatic heterocycles. The first-order chi connectivity index (χ1) is 13.1. The maximum absolute atomic E-state index is 13.0. The molecule has 3 amide bonds. The van der Waals surface area contributed by atoms with Crippen LogP contribution < -0.4 is 5.32 Å². The fourth-order valence-electron chi connectivity index (χ4n) is 3.25. The summed E-state index contributed by atoms with van der Waals surface area (Å²) < 4.78 is 39.1. The molecule has 0 unspecified atom stereocenters. The number of halogens is 3. The molecule has 1 aliphatic rings. The number of para-hydroxylation sites is 1. The lowest BCUT2D eigenvalue weighted by Gasteiger charge is -2.33. The molecule has 0 saturated carbocycles. The van der Waals surface area contributed by atoms with Gasteiger partial charge in [-0.25, -0.2) is 0 Å². The van der Waals surface area contributed by atoms with E-state index >= 15 is 0 Å². The second-order valence-electron chi connectivity index (χ2n) is 6.72. The van der Waals surface area contributed by atoms with Gasteiger partial charge in [0.05, 0.1) is 17.8 Å². The minimum absolute atomic E-state index is 0.0408. The fourth-order valence-corrected chi connectivity index (χ4v) is 3.25. The summed E-state index contributed by atoms with van der Waals surface area (Å²) in [6, 6.07) is 4.71. The van der Waals surface area contributed by atoms with Gasteiger partial charge < -0.3 is 15.1 Å². The number of carbonyl (C=O) groups is 3. The van der Waals surface area contributed by atoms with Crippen LogP contribution in [0.3, 0.4) is 0 Å². The van der Waals surface area contributed by atoms with Crippen LogP contribution in [0.2, 0.25) is 0 Å². The summed E-state index contributed by atoms with van der Waals surface area (Å²) in [4.78, 5) is 39.3. The Kier molecular flexibility index (Phi) is 7.04. The van der Waals surface area contributed by atoms with E-state index in [-0.39, 0.29) is 36.5 Å². The quantitative estimate of drug-likeness (QED) is 0.828. The van der Waals surface area contributed by atoms with Gasteiger partial charge in [-0.15, -0.1) is 0 Å². The number of alkyl halides is 3. The number of anilines is 1. The highest BCUT2D eigenvalue weighted by Crippen LogP contribution is 2.34. The van der Waals surface area contributed by atoms with Gasteiger partial charge in [0.1, 0.15) is 0 Å². The van der Waals surface area contributed by atoms with Crippen molar-refractivity contribution in [1.82, 2.24) is 9.80 Å². The van der Waals surface area contributed by atoms with Crippen LogP contribution in [0.5, 0.6) is 0 Å². The van der Waals surface area contributed by atoms with Gasteiger partial charge in [0.15, 0.2) is 0 Å². The Balaban J connectivity index is 1.99. The van der Waals surface area contributed by atoms with Crippen LogP contribution in [0, 0.1) is 5.92 Å². The number of nitrogens with one attached hydrogen (secondary N) is 1. The van der Waals surface area contributed by atoms with Gasteiger partial charge in [-0.1, -0.05) is 12.1 Å². The number of carbonyl (C=O) groups excluding carboxylic acids is 3. The highest BCUT2D eigenvalue weighted by molar-refractivity contribution is 5.95. The first-order valence-corrected chi connectivity index (χ1v) is 9.13. The zero-order chi connectivity index (χ0) is 20.9. The molecular formula is C19H24F3N3O3. The third kappa shape index (κ3) is 5.46. The van der Waals surface area contributed by atoms with Crippen LogP contribution in [0.4, 0.5) is 18.9 Å². The summed E-state index contributed by atoms with van der Waals surface area (Å²) in [5, 5.41) is 2.26. The number of likely N-dealkylation sites (N-methyl/N-ethyl adjacent to an activating group) is 1. The molecule has 6 nitrogen and oxygen atoms in total. The maximum Gasteiger partial charge on any atom is 0.418 e. The number of rotatable bonds is 5. The van der Waals surface area contributed by atoms with E-state index in [2.05, 4.69) is 5.32 Å².